The second-order valence-corrected chi connectivity index (χ2v) is 3.58. The quantitative estimate of drug-likeness (QED) is 0.910. The largest absolute Gasteiger partial charge is 0.451 e. The fourth-order valence-corrected chi connectivity index (χ4v) is 1.34. The Morgan fingerprint density at radius 3 is 2.42 bits per heavy atom. The molecule has 4 nitrogen and oxygen atoms in total. The van der Waals surface area contributed by atoms with Gasteiger partial charge in [-0.1, -0.05) is 18.2 Å². The van der Waals surface area contributed by atoms with Crippen LogP contribution in [0.25, 0.3) is 0 Å². The van der Waals surface area contributed by atoms with Gasteiger partial charge in [0.05, 0.1) is 0 Å². The van der Waals surface area contributed by atoms with Crippen molar-refractivity contribution in [1.82, 2.24) is 9.97 Å². The van der Waals surface area contributed by atoms with E-state index >= 15 is 0 Å². The molecule has 0 atom stereocenters. The van der Waals surface area contributed by atoms with Crippen LogP contribution >= 0.6 is 0 Å². The van der Waals surface area contributed by atoms with E-state index in [1.807, 2.05) is 0 Å². The number of rotatable bonds is 2. The molecule has 1 amide bonds. The first kappa shape index (κ1) is 13.0. The fraction of sp³-hybridized carbons (Fsp3) is 0.0833. The van der Waals surface area contributed by atoms with Crippen LogP contribution in [-0.4, -0.2) is 15.9 Å². The smallest absolute Gasteiger partial charge is 0.306 e. The van der Waals surface area contributed by atoms with E-state index in [1.54, 1.807) is 30.3 Å². The van der Waals surface area contributed by atoms with Crippen molar-refractivity contribution in [3.8, 4) is 0 Å². The van der Waals surface area contributed by atoms with E-state index in [-0.39, 0.29) is 5.82 Å². The van der Waals surface area contributed by atoms with Crippen molar-refractivity contribution < 1.29 is 18.0 Å². The highest BCUT2D eigenvalue weighted by Crippen LogP contribution is 2.26. The molecule has 2 rings (SSSR count). The first-order valence-corrected chi connectivity index (χ1v) is 5.23. The Balaban J connectivity index is 2.18. The molecule has 7 heteroatoms. The molecule has 0 unspecified atom stereocenters. The molecule has 98 valence electrons. The second-order valence-electron chi connectivity index (χ2n) is 3.58. The number of hydrogen-bond acceptors (Lipinski definition) is 3. The molecular formula is C12H8F3N3O. The van der Waals surface area contributed by atoms with E-state index in [4.69, 9.17) is 0 Å². The molecule has 0 aliphatic heterocycles. The third kappa shape index (κ3) is 3.27. The topological polar surface area (TPSA) is 54.9 Å². The Morgan fingerprint density at radius 1 is 1.11 bits per heavy atom. The van der Waals surface area contributed by atoms with Crippen LogP contribution in [0.4, 0.5) is 19.0 Å². The zero-order chi connectivity index (χ0) is 13.9. The van der Waals surface area contributed by atoms with Gasteiger partial charge >= 0.3 is 6.18 Å². The van der Waals surface area contributed by atoms with Gasteiger partial charge in [-0.3, -0.25) is 4.79 Å². The maximum absolute atomic E-state index is 12.4. The average molecular weight is 267 g/mol. The molecule has 1 aromatic carbocycles. The normalized spacial score (nSPS) is 11.1. The molecule has 0 fully saturated rings. The maximum atomic E-state index is 12.4. The lowest BCUT2D eigenvalue weighted by atomic mass is 10.2. The number of carbonyl (C=O) groups is 1. The summed E-state index contributed by atoms with van der Waals surface area (Å²) in [7, 11) is 0. The molecule has 1 heterocycles. The first-order chi connectivity index (χ1) is 8.97. The van der Waals surface area contributed by atoms with Crippen LogP contribution in [0.15, 0.2) is 42.6 Å². The molecule has 0 spiro atoms. The Bertz CT molecular complexity index is 584. The highest BCUT2D eigenvalue weighted by Gasteiger charge is 2.34. The SMILES string of the molecule is O=C(Nc1ccnc(C(F)(F)F)n1)c1ccccc1. The monoisotopic (exact) mass is 267 g/mol. The van der Waals surface area contributed by atoms with Crippen molar-refractivity contribution in [2.45, 2.75) is 6.18 Å². The third-order valence-electron chi connectivity index (χ3n) is 2.19. The standard InChI is InChI=1S/C12H8F3N3O/c13-12(14,15)11-16-7-6-9(18-11)17-10(19)8-4-2-1-3-5-8/h1-7H,(H,16,17,18,19). The molecule has 19 heavy (non-hydrogen) atoms. The van der Waals surface area contributed by atoms with Crippen molar-refractivity contribution >= 4 is 11.7 Å². The second kappa shape index (κ2) is 5.05. The number of benzene rings is 1. The fourth-order valence-electron chi connectivity index (χ4n) is 1.34. The van der Waals surface area contributed by atoms with Gasteiger partial charge in [0.15, 0.2) is 0 Å². The summed E-state index contributed by atoms with van der Waals surface area (Å²) in [6.07, 6.45) is -3.70. The van der Waals surface area contributed by atoms with Crippen molar-refractivity contribution in [2.75, 3.05) is 5.32 Å². The summed E-state index contributed by atoms with van der Waals surface area (Å²) in [6.45, 7) is 0. The highest BCUT2D eigenvalue weighted by molar-refractivity contribution is 6.03. The minimum absolute atomic E-state index is 0.198. The molecule has 0 saturated heterocycles. The summed E-state index contributed by atoms with van der Waals surface area (Å²) in [5.41, 5.74) is 0.328. The zero-order valence-electron chi connectivity index (χ0n) is 9.48. The molecular weight excluding hydrogens is 259 g/mol. The lowest BCUT2D eigenvalue weighted by Crippen LogP contribution is -2.16. The highest BCUT2D eigenvalue weighted by atomic mass is 19.4. The summed E-state index contributed by atoms with van der Waals surface area (Å²) in [5.74, 6) is -2.03. The Hall–Kier alpha value is -2.44. The van der Waals surface area contributed by atoms with E-state index in [0.717, 1.165) is 6.20 Å². The van der Waals surface area contributed by atoms with E-state index in [9.17, 15) is 18.0 Å². The minimum atomic E-state index is -4.65. The van der Waals surface area contributed by atoms with Gasteiger partial charge in [-0.2, -0.15) is 13.2 Å². The van der Waals surface area contributed by atoms with Gasteiger partial charge in [0.2, 0.25) is 5.82 Å². The number of anilines is 1. The molecule has 1 aromatic heterocycles. The number of nitrogens with zero attached hydrogens (tertiary/aromatic N) is 2. The predicted molar refractivity (Wildman–Crippen MR) is 61.4 cm³/mol. The zero-order valence-corrected chi connectivity index (χ0v) is 9.48. The predicted octanol–water partition coefficient (Wildman–Crippen LogP) is 2.75. The molecule has 0 aliphatic carbocycles. The lowest BCUT2D eigenvalue weighted by Gasteiger charge is -2.07. The van der Waals surface area contributed by atoms with Gasteiger partial charge in [0.1, 0.15) is 5.82 Å². The van der Waals surface area contributed by atoms with Gasteiger partial charge in [-0.25, -0.2) is 9.97 Å². The maximum Gasteiger partial charge on any atom is 0.451 e. The molecule has 2 aromatic rings. The van der Waals surface area contributed by atoms with Crippen molar-refractivity contribution in [2.24, 2.45) is 0 Å². The summed E-state index contributed by atoms with van der Waals surface area (Å²) in [6, 6.07) is 9.30. The number of carbonyl (C=O) groups excluding carboxylic acids is 1. The van der Waals surface area contributed by atoms with Gasteiger partial charge < -0.3 is 5.32 Å². The average Bonchev–Trinajstić information content (AvgIpc) is 2.39. The Morgan fingerprint density at radius 2 is 1.79 bits per heavy atom. The van der Waals surface area contributed by atoms with Crippen LogP contribution in [-0.2, 0) is 6.18 Å². The number of nitrogens with one attached hydrogen (secondary N) is 1. The van der Waals surface area contributed by atoms with Crippen molar-refractivity contribution in [1.29, 1.82) is 0 Å². The molecule has 1 N–H and O–H groups in total. The number of amides is 1. The number of halogens is 3. The first-order valence-electron chi connectivity index (χ1n) is 5.23. The molecule has 0 saturated carbocycles. The van der Waals surface area contributed by atoms with Crippen molar-refractivity contribution in [3.05, 3.63) is 54.0 Å². The summed E-state index contributed by atoms with van der Waals surface area (Å²) < 4.78 is 37.2. The summed E-state index contributed by atoms with van der Waals surface area (Å²) >= 11 is 0. The van der Waals surface area contributed by atoms with Crippen LogP contribution in [0, 0.1) is 0 Å². The summed E-state index contributed by atoms with van der Waals surface area (Å²) in [5, 5.41) is 2.28. The number of aromatic nitrogens is 2. The van der Waals surface area contributed by atoms with Crippen LogP contribution in [0.5, 0.6) is 0 Å². The van der Waals surface area contributed by atoms with E-state index in [2.05, 4.69) is 15.3 Å². The van der Waals surface area contributed by atoms with Crippen LogP contribution in [0.1, 0.15) is 16.2 Å². The van der Waals surface area contributed by atoms with E-state index < -0.39 is 17.9 Å². The van der Waals surface area contributed by atoms with Gasteiger partial charge in [0, 0.05) is 11.8 Å². The van der Waals surface area contributed by atoms with E-state index in [0.29, 0.717) is 5.56 Å². The van der Waals surface area contributed by atoms with Gasteiger partial charge in [0.25, 0.3) is 5.91 Å². The molecule has 0 aliphatic rings. The van der Waals surface area contributed by atoms with Crippen molar-refractivity contribution in [3.63, 3.8) is 0 Å². The molecule has 0 radical (unpaired) electrons. The van der Waals surface area contributed by atoms with E-state index in [1.165, 1.54) is 6.07 Å². The third-order valence-corrected chi connectivity index (χ3v) is 2.19. The van der Waals surface area contributed by atoms with Crippen LogP contribution in [0.2, 0.25) is 0 Å². The number of hydrogen-bond donors (Lipinski definition) is 1. The molecule has 0 bridgehead atoms. The van der Waals surface area contributed by atoms with Crippen LogP contribution in [0.3, 0.4) is 0 Å². The van der Waals surface area contributed by atoms with Gasteiger partial charge in [-0.15, -0.1) is 0 Å². The summed E-state index contributed by atoms with van der Waals surface area (Å²) in [4.78, 5) is 18.1. The Kier molecular flexibility index (Phi) is 3.46. The number of alkyl halides is 3. The van der Waals surface area contributed by atoms with Crippen LogP contribution < -0.4 is 5.32 Å². The minimum Gasteiger partial charge on any atom is -0.306 e. The van der Waals surface area contributed by atoms with Gasteiger partial charge in [-0.05, 0) is 18.2 Å². The lowest BCUT2D eigenvalue weighted by molar-refractivity contribution is -0.144. The Labute approximate surface area is 106 Å².